The highest BCUT2D eigenvalue weighted by atomic mass is 32.2. The van der Waals surface area contributed by atoms with Crippen LogP contribution in [-0.2, 0) is 0 Å². The highest BCUT2D eigenvalue weighted by molar-refractivity contribution is 7.99. The molecule has 0 spiro atoms. The first kappa shape index (κ1) is 21.0. The van der Waals surface area contributed by atoms with Crippen LogP contribution in [0, 0.1) is 13.8 Å². The van der Waals surface area contributed by atoms with Crippen molar-refractivity contribution in [3.8, 4) is 0 Å². The van der Waals surface area contributed by atoms with Crippen LogP contribution in [0.2, 0.25) is 0 Å². The number of hydrogen-bond acceptors (Lipinski definition) is 5. The zero-order valence-electron chi connectivity index (χ0n) is 17.9. The standard InChI is InChI=1S/C25H30N2O2S/c1-19-5-7-21(8-6-19)27-14-12-26(13-15-27)11-3-4-16-30-22-9-10-23-20(2)17-25(28)29-24(23)18-22/h5-10,17-18H,3-4,11-16H2,1-2H3. The maximum Gasteiger partial charge on any atom is 0.336 e. The van der Waals surface area contributed by atoms with Crippen LogP contribution in [0.5, 0.6) is 0 Å². The van der Waals surface area contributed by atoms with Crippen molar-refractivity contribution >= 4 is 28.4 Å². The maximum absolute atomic E-state index is 11.6. The molecule has 5 heteroatoms. The zero-order chi connectivity index (χ0) is 20.9. The molecule has 0 aliphatic carbocycles. The molecule has 1 aliphatic heterocycles. The Bertz CT molecular complexity index is 1040. The molecule has 0 unspecified atom stereocenters. The molecular weight excluding hydrogens is 392 g/mol. The van der Waals surface area contributed by atoms with Crippen LogP contribution in [0.25, 0.3) is 11.0 Å². The van der Waals surface area contributed by atoms with E-state index in [2.05, 4.69) is 53.1 Å². The lowest BCUT2D eigenvalue weighted by Crippen LogP contribution is -2.46. The van der Waals surface area contributed by atoms with Crippen LogP contribution in [-0.4, -0.2) is 43.4 Å². The third-order valence-electron chi connectivity index (χ3n) is 5.83. The molecule has 158 valence electrons. The molecule has 30 heavy (non-hydrogen) atoms. The van der Waals surface area contributed by atoms with Crippen molar-refractivity contribution in [3.05, 3.63) is 70.1 Å². The minimum Gasteiger partial charge on any atom is -0.423 e. The van der Waals surface area contributed by atoms with Crippen molar-refractivity contribution in [2.45, 2.75) is 31.6 Å². The van der Waals surface area contributed by atoms with E-state index in [1.54, 1.807) is 6.07 Å². The molecule has 0 atom stereocenters. The van der Waals surface area contributed by atoms with Gasteiger partial charge in [-0.05, 0) is 74.9 Å². The smallest absolute Gasteiger partial charge is 0.336 e. The summed E-state index contributed by atoms with van der Waals surface area (Å²) in [7, 11) is 0. The molecule has 4 nitrogen and oxygen atoms in total. The van der Waals surface area contributed by atoms with Gasteiger partial charge in [0, 0.05) is 48.2 Å². The van der Waals surface area contributed by atoms with E-state index >= 15 is 0 Å². The first-order valence-electron chi connectivity index (χ1n) is 10.8. The third kappa shape index (κ3) is 5.27. The van der Waals surface area contributed by atoms with E-state index < -0.39 is 0 Å². The van der Waals surface area contributed by atoms with Crippen molar-refractivity contribution in [3.63, 3.8) is 0 Å². The Balaban J connectivity index is 1.18. The molecule has 1 aliphatic rings. The quantitative estimate of drug-likeness (QED) is 0.301. The molecular formula is C25H30N2O2S. The average molecular weight is 423 g/mol. The van der Waals surface area contributed by atoms with Gasteiger partial charge in [0.25, 0.3) is 0 Å². The van der Waals surface area contributed by atoms with E-state index in [0.717, 1.165) is 42.9 Å². The van der Waals surface area contributed by atoms with Gasteiger partial charge in [-0.25, -0.2) is 4.79 Å². The second-order valence-electron chi connectivity index (χ2n) is 8.13. The van der Waals surface area contributed by atoms with Crippen LogP contribution in [0.4, 0.5) is 5.69 Å². The van der Waals surface area contributed by atoms with Crippen molar-refractivity contribution in [1.29, 1.82) is 0 Å². The Labute approximate surface area is 182 Å². The number of rotatable bonds is 7. The molecule has 1 saturated heterocycles. The Morgan fingerprint density at radius 1 is 0.933 bits per heavy atom. The SMILES string of the molecule is Cc1ccc(N2CCN(CCCCSc3ccc4c(C)cc(=O)oc4c3)CC2)cc1. The van der Waals surface area contributed by atoms with Gasteiger partial charge >= 0.3 is 5.63 Å². The lowest BCUT2D eigenvalue weighted by molar-refractivity contribution is 0.254. The van der Waals surface area contributed by atoms with Gasteiger partial charge in [0.15, 0.2) is 0 Å². The fourth-order valence-electron chi connectivity index (χ4n) is 4.01. The molecule has 0 radical (unpaired) electrons. The molecule has 0 N–H and O–H groups in total. The summed E-state index contributed by atoms with van der Waals surface area (Å²) >= 11 is 1.84. The van der Waals surface area contributed by atoms with E-state index in [4.69, 9.17) is 4.42 Å². The van der Waals surface area contributed by atoms with Crippen molar-refractivity contribution in [1.82, 2.24) is 4.90 Å². The molecule has 2 heterocycles. The fourth-order valence-corrected chi connectivity index (χ4v) is 4.95. The number of anilines is 1. The molecule has 1 fully saturated rings. The van der Waals surface area contributed by atoms with E-state index in [9.17, 15) is 4.79 Å². The van der Waals surface area contributed by atoms with Gasteiger partial charge in [0.1, 0.15) is 5.58 Å². The van der Waals surface area contributed by atoms with E-state index in [1.807, 2.05) is 24.8 Å². The number of unbranched alkanes of at least 4 members (excludes halogenated alkanes) is 1. The lowest BCUT2D eigenvalue weighted by Gasteiger charge is -2.36. The number of thioether (sulfide) groups is 1. The van der Waals surface area contributed by atoms with E-state index in [1.165, 1.54) is 35.5 Å². The number of benzene rings is 2. The van der Waals surface area contributed by atoms with Crippen LogP contribution in [0.1, 0.15) is 24.0 Å². The number of hydrogen-bond donors (Lipinski definition) is 0. The van der Waals surface area contributed by atoms with Crippen LogP contribution < -0.4 is 10.5 Å². The van der Waals surface area contributed by atoms with Crippen molar-refractivity contribution in [2.75, 3.05) is 43.4 Å². The van der Waals surface area contributed by atoms with Crippen LogP contribution in [0.15, 0.2) is 62.6 Å². The average Bonchev–Trinajstić information content (AvgIpc) is 2.74. The third-order valence-corrected chi connectivity index (χ3v) is 6.91. The molecule has 0 saturated carbocycles. The second-order valence-corrected chi connectivity index (χ2v) is 9.29. The summed E-state index contributed by atoms with van der Waals surface area (Å²) in [6.45, 7) is 9.77. The van der Waals surface area contributed by atoms with Gasteiger partial charge in [0.2, 0.25) is 0 Å². The van der Waals surface area contributed by atoms with Gasteiger partial charge in [-0.15, -0.1) is 11.8 Å². The van der Waals surface area contributed by atoms with Gasteiger partial charge in [-0.2, -0.15) is 0 Å². The first-order valence-corrected chi connectivity index (χ1v) is 11.8. The largest absolute Gasteiger partial charge is 0.423 e. The number of piperazine rings is 1. The first-order chi connectivity index (χ1) is 14.6. The molecule has 0 amide bonds. The zero-order valence-corrected chi connectivity index (χ0v) is 18.7. The minimum absolute atomic E-state index is 0.273. The van der Waals surface area contributed by atoms with E-state index in [0.29, 0.717) is 5.58 Å². The fraction of sp³-hybridized carbons (Fsp3) is 0.400. The van der Waals surface area contributed by atoms with Gasteiger partial charge < -0.3 is 9.32 Å². The Hall–Kier alpha value is -2.24. The molecule has 1 aromatic heterocycles. The summed E-state index contributed by atoms with van der Waals surface area (Å²) in [5.74, 6) is 1.09. The minimum atomic E-state index is -0.273. The Morgan fingerprint density at radius 2 is 1.70 bits per heavy atom. The number of aryl methyl sites for hydroxylation is 2. The molecule has 2 aromatic carbocycles. The number of fused-ring (bicyclic) bond motifs is 1. The monoisotopic (exact) mass is 422 g/mol. The summed E-state index contributed by atoms with van der Waals surface area (Å²) in [4.78, 5) is 17.8. The van der Waals surface area contributed by atoms with E-state index in [-0.39, 0.29) is 5.63 Å². The highest BCUT2D eigenvalue weighted by Gasteiger charge is 2.16. The Morgan fingerprint density at radius 3 is 2.47 bits per heavy atom. The summed E-state index contributed by atoms with van der Waals surface area (Å²) in [6.07, 6.45) is 2.41. The molecule has 0 bridgehead atoms. The van der Waals surface area contributed by atoms with Gasteiger partial charge in [-0.1, -0.05) is 17.7 Å². The second kappa shape index (κ2) is 9.71. The lowest BCUT2D eigenvalue weighted by atomic mass is 10.1. The van der Waals surface area contributed by atoms with Gasteiger partial charge in [-0.3, -0.25) is 4.90 Å². The van der Waals surface area contributed by atoms with Gasteiger partial charge in [0.05, 0.1) is 0 Å². The predicted molar refractivity (Wildman–Crippen MR) is 127 cm³/mol. The molecule has 3 aromatic rings. The van der Waals surface area contributed by atoms with Crippen LogP contribution in [0.3, 0.4) is 0 Å². The number of nitrogens with zero attached hydrogens (tertiary/aromatic N) is 2. The summed E-state index contributed by atoms with van der Waals surface area (Å²) < 4.78 is 5.36. The topological polar surface area (TPSA) is 36.7 Å². The van der Waals surface area contributed by atoms with Crippen LogP contribution >= 0.6 is 11.8 Å². The highest BCUT2D eigenvalue weighted by Crippen LogP contribution is 2.25. The summed E-state index contributed by atoms with van der Waals surface area (Å²) in [5.41, 5.74) is 4.05. The summed E-state index contributed by atoms with van der Waals surface area (Å²) in [6, 6.07) is 16.6. The predicted octanol–water partition coefficient (Wildman–Crippen LogP) is 5.10. The van der Waals surface area contributed by atoms with Crippen molar-refractivity contribution in [2.24, 2.45) is 0 Å². The Kier molecular flexibility index (Phi) is 6.80. The molecule has 4 rings (SSSR count). The normalized spacial score (nSPS) is 15.1. The van der Waals surface area contributed by atoms with Crippen molar-refractivity contribution < 1.29 is 4.42 Å². The maximum atomic E-state index is 11.6. The summed E-state index contributed by atoms with van der Waals surface area (Å²) in [5, 5.41) is 1.02.